The molecule has 0 heterocycles. The summed E-state index contributed by atoms with van der Waals surface area (Å²) in [6, 6.07) is 14.6. The predicted octanol–water partition coefficient (Wildman–Crippen LogP) is 4.39. The molecule has 0 bridgehead atoms. The Morgan fingerprint density at radius 1 is 1.12 bits per heavy atom. The highest BCUT2D eigenvalue weighted by molar-refractivity contribution is 7.80. The van der Waals surface area contributed by atoms with Crippen molar-refractivity contribution in [2.75, 3.05) is 17.7 Å². The third kappa shape index (κ3) is 6.11. The molecule has 5 nitrogen and oxygen atoms in total. The molecule has 3 rings (SSSR count). The van der Waals surface area contributed by atoms with Crippen LogP contribution in [-0.2, 0) is 20.7 Å². The van der Waals surface area contributed by atoms with Gasteiger partial charge in [0.1, 0.15) is 11.9 Å². The Kier molecular flexibility index (Phi) is 8.70. The van der Waals surface area contributed by atoms with Gasteiger partial charge in [-0.1, -0.05) is 42.5 Å². The summed E-state index contributed by atoms with van der Waals surface area (Å²) in [5, 5.41) is 5.58. The zero-order valence-corrected chi connectivity index (χ0v) is 19.2. The van der Waals surface area contributed by atoms with E-state index in [1.165, 1.54) is 12.1 Å². The molecule has 0 aromatic heterocycles. The molecular formula is C25H31FN2O3S. The van der Waals surface area contributed by atoms with Gasteiger partial charge in [0.2, 0.25) is 11.8 Å². The lowest BCUT2D eigenvalue weighted by molar-refractivity contribution is -0.136. The second-order valence-corrected chi connectivity index (χ2v) is 8.59. The molecule has 32 heavy (non-hydrogen) atoms. The Morgan fingerprint density at radius 2 is 1.78 bits per heavy atom. The molecule has 2 aromatic carbocycles. The van der Waals surface area contributed by atoms with Crippen LogP contribution in [0.4, 0.5) is 10.1 Å². The van der Waals surface area contributed by atoms with Gasteiger partial charge in [0.05, 0.1) is 17.2 Å². The molecule has 1 atom stereocenters. The van der Waals surface area contributed by atoms with Crippen LogP contribution in [0.25, 0.3) is 0 Å². The van der Waals surface area contributed by atoms with Crippen molar-refractivity contribution in [1.29, 1.82) is 0 Å². The molecule has 2 aromatic rings. The smallest absolute Gasteiger partial charge is 0.247 e. The van der Waals surface area contributed by atoms with Crippen LogP contribution in [-0.4, -0.2) is 36.3 Å². The molecule has 2 amide bonds. The van der Waals surface area contributed by atoms with Crippen molar-refractivity contribution in [3.05, 3.63) is 66.0 Å². The number of ether oxygens (including phenoxy) is 1. The largest absolute Gasteiger partial charge is 0.379 e. The predicted molar refractivity (Wildman–Crippen MR) is 127 cm³/mol. The summed E-state index contributed by atoms with van der Waals surface area (Å²) in [4.78, 5) is 26.5. The first-order chi connectivity index (χ1) is 15.5. The molecular weight excluding hydrogens is 427 g/mol. The third-order valence-corrected chi connectivity index (χ3v) is 6.72. The van der Waals surface area contributed by atoms with Crippen molar-refractivity contribution in [2.24, 2.45) is 5.41 Å². The third-order valence-electron chi connectivity index (χ3n) is 6.11. The van der Waals surface area contributed by atoms with Crippen molar-refractivity contribution in [1.82, 2.24) is 5.32 Å². The standard InChI is InChI=1S/C25H31FN2O3S/c1-2-31-19-12-14-25(17-32,15-13-19)24(30)28-22(16-18-8-4-3-5-9-18)23(29)27-21-11-7-6-10-20(21)26/h3-11,19,22,32H,2,12-17H2,1H3,(H,27,29)(H,28,30)/t19?,22-,25?/m0/s1. The molecule has 0 radical (unpaired) electrons. The highest BCUT2D eigenvalue weighted by Gasteiger charge is 2.42. The molecule has 1 aliphatic carbocycles. The molecule has 1 fully saturated rings. The van der Waals surface area contributed by atoms with Crippen LogP contribution in [0.2, 0.25) is 0 Å². The Morgan fingerprint density at radius 3 is 2.41 bits per heavy atom. The van der Waals surface area contributed by atoms with Gasteiger partial charge in [-0.05, 0) is 50.3 Å². The number of rotatable bonds is 9. The molecule has 0 unspecified atom stereocenters. The number of thiol groups is 1. The average Bonchev–Trinajstić information content (AvgIpc) is 2.81. The molecule has 1 saturated carbocycles. The number of nitrogens with one attached hydrogen (secondary N) is 2. The lowest BCUT2D eigenvalue weighted by Crippen LogP contribution is -2.53. The number of anilines is 1. The Bertz CT molecular complexity index is 901. The fourth-order valence-electron chi connectivity index (χ4n) is 4.16. The van der Waals surface area contributed by atoms with Crippen molar-refractivity contribution in [2.45, 2.75) is 51.2 Å². The molecule has 1 aliphatic rings. The van der Waals surface area contributed by atoms with Crippen LogP contribution in [0, 0.1) is 11.2 Å². The van der Waals surface area contributed by atoms with Gasteiger partial charge in [-0.2, -0.15) is 12.6 Å². The molecule has 0 saturated heterocycles. The number of hydrogen-bond donors (Lipinski definition) is 3. The minimum Gasteiger partial charge on any atom is -0.379 e. The second kappa shape index (κ2) is 11.5. The summed E-state index contributed by atoms with van der Waals surface area (Å²) in [5.74, 6) is -0.770. The van der Waals surface area contributed by atoms with Crippen LogP contribution in [0.5, 0.6) is 0 Å². The topological polar surface area (TPSA) is 67.4 Å². The lowest BCUT2D eigenvalue weighted by atomic mass is 9.73. The van der Waals surface area contributed by atoms with Crippen LogP contribution < -0.4 is 10.6 Å². The first-order valence-electron chi connectivity index (χ1n) is 11.1. The Balaban J connectivity index is 1.76. The number of amides is 2. The van der Waals surface area contributed by atoms with E-state index in [9.17, 15) is 14.0 Å². The van der Waals surface area contributed by atoms with Gasteiger partial charge in [-0.15, -0.1) is 0 Å². The van der Waals surface area contributed by atoms with E-state index < -0.39 is 23.2 Å². The number of halogens is 1. The first-order valence-corrected chi connectivity index (χ1v) is 11.7. The zero-order chi connectivity index (χ0) is 23.0. The summed E-state index contributed by atoms with van der Waals surface area (Å²) in [6.45, 7) is 2.62. The molecule has 172 valence electrons. The van der Waals surface area contributed by atoms with Crippen LogP contribution in [0.1, 0.15) is 38.2 Å². The van der Waals surface area contributed by atoms with E-state index in [4.69, 9.17) is 4.74 Å². The van der Waals surface area contributed by atoms with E-state index in [0.29, 0.717) is 31.6 Å². The van der Waals surface area contributed by atoms with Crippen molar-refractivity contribution >= 4 is 30.1 Å². The summed E-state index contributed by atoms with van der Waals surface area (Å²) in [7, 11) is 0. The van der Waals surface area contributed by atoms with Crippen LogP contribution in [0.3, 0.4) is 0 Å². The maximum absolute atomic E-state index is 14.1. The average molecular weight is 459 g/mol. The van der Waals surface area contributed by atoms with E-state index in [1.807, 2.05) is 37.3 Å². The number of para-hydroxylation sites is 1. The van der Waals surface area contributed by atoms with E-state index in [0.717, 1.165) is 18.4 Å². The second-order valence-electron chi connectivity index (χ2n) is 8.28. The van der Waals surface area contributed by atoms with Crippen molar-refractivity contribution in [3.8, 4) is 0 Å². The number of benzene rings is 2. The maximum atomic E-state index is 14.1. The Labute approximate surface area is 194 Å². The van der Waals surface area contributed by atoms with Gasteiger partial charge < -0.3 is 15.4 Å². The highest BCUT2D eigenvalue weighted by Crippen LogP contribution is 2.39. The SMILES string of the molecule is CCOC1CCC(CS)(C(=O)N[C@@H](Cc2ccccc2)C(=O)Nc2ccccc2F)CC1. The van der Waals surface area contributed by atoms with E-state index in [2.05, 4.69) is 23.3 Å². The van der Waals surface area contributed by atoms with Gasteiger partial charge in [-0.25, -0.2) is 4.39 Å². The summed E-state index contributed by atoms with van der Waals surface area (Å²) in [5.41, 5.74) is 0.344. The summed E-state index contributed by atoms with van der Waals surface area (Å²) in [6.07, 6.45) is 3.33. The summed E-state index contributed by atoms with van der Waals surface area (Å²) < 4.78 is 19.8. The Hall–Kier alpha value is -2.38. The zero-order valence-electron chi connectivity index (χ0n) is 18.4. The number of carbonyl (C=O) groups is 2. The molecule has 0 spiro atoms. The minimum atomic E-state index is -0.842. The monoisotopic (exact) mass is 458 g/mol. The van der Waals surface area contributed by atoms with Gasteiger partial charge >= 0.3 is 0 Å². The maximum Gasteiger partial charge on any atom is 0.247 e. The normalized spacial score (nSPS) is 21.5. The van der Waals surface area contributed by atoms with Gasteiger partial charge in [0, 0.05) is 18.8 Å². The van der Waals surface area contributed by atoms with Gasteiger partial charge in [0.15, 0.2) is 0 Å². The van der Waals surface area contributed by atoms with Crippen LogP contribution >= 0.6 is 12.6 Å². The summed E-state index contributed by atoms with van der Waals surface area (Å²) >= 11 is 4.49. The molecule has 7 heteroatoms. The quantitative estimate of drug-likeness (QED) is 0.489. The molecule has 2 N–H and O–H groups in total. The van der Waals surface area contributed by atoms with E-state index >= 15 is 0 Å². The van der Waals surface area contributed by atoms with Crippen molar-refractivity contribution < 1.29 is 18.7 Å². The van der Waals surface area contributed by atoms with Crippen molar-refractivity contribution in [3.63, 3.8) is 0 Å². The number of hydrogen-bond acceptors (Lipinski definition) is 4. The lowest BCUT2D eigenvalue weighted by Gasteiger charge is -2.38. The van der Waals surface area contributed by atoms with E-state index in [-0.39, 0.29) is 17.7 Å². The highest BCUT2D eigenvalue weighted by atomic mass is 32.1. The molecule has 0 aliphatic heterocycles. The van der Waals surface area contributed by atoms with Gasteiger partial charge in [-0.3, -0.25) is 9.59 Å². The first kappa shape index (κ1) is 24.3. The fourth-order valence-corrected chi connectivity index (χ4v) is 4.62. The van der Waals surface area contributed by atoms with Gasteiger partial charge in [0.25, 0.3) is 0 Å². The number of carbonyl (C=O) groups excluding carboxylic acids is 2. The van der Waals surface area contributed by atoms with E-state index in [1.54, 1.807) is 12.1 Å². The minimum absolute atomic E-state index is 0.0888. The van der Waals surface area contributed by atoms with Crippen LogP contribution in [0.15, 0.2) is 54.6 Å². The fraction of sp³-hybridized carbons (Fsp3) is 0.440.